The van der Waals surface area contributed by atoms with Crippen molar-refractivity contribution in [3.8, 4) is 11.8 Å². The first-order valence-corrected chi connectivity index (χ1v) is 16.9. The van der Waals surface area contributed by atoms with E-state index in [0.717, 1.165) is 11.1 Å². The molecular weight excluding hydrogens is 498 g/mol. The van der Waals surface area contributed by atoms with Crippen molar-refractivity contribution in [2.24, 2.45) is 0 Å². The molecule has 0 spiro atoms. The second-order valence-electron chi connectivity index (χ2n) is 10.5. The number of benzene rings is 2. The molecule has 2 aromatic carbocycles. The highest BCUT2D eigenvalue weighted by Gasteiger charge is 2.41. The predicted octanol–water partition coefficient (Wildman–Crippen LogP) is 6.68. The molecule has 1 unspecified atom stereocenters. The molecule has 0 amide bonds. The number of rotatable bonds is 11. The summed E-state index contributed by atoms with van der Waals surface area (Å²) >= 11 is 0. The van der Waals surface area contributed by atoms with Crippen molar-refractivity contribution in [1.82, 2.24) is 4.31 Å². The molecule has 0 aliphatic heterocycles. The van der Waals surface area contributed by atoms with Crippen LogP contribution in [0.2, 0.25) is 18.1 Å². The van der Waals surface area contributed by atoms with Crippen LogP contribution < -0.4 is 0 Å². The molecule has 1 atom stereocenters. The molecule has 0 bridgehead atoms. The highest BCUT2D eigenvalue weighted by atomic mass is 32.2. The second kappa shape index (κ2) is 13.3. The number of sulfonamides is 1. The van der Waals surface area contributed by atoms with E-state index in [1.807, 2.05) is 44.2 Å². The van der Waals surface area contributed by atoms with E-state index in [9.17, 15) is 8.42 Å². The average Bonchev–Trinajstić information content (AvgIpc) is 2.83. The quantitative estimate of drug-likeness (QED) is 0.138. The van der Waals surface area contributed by atoms with Gasteiger partial charge in [-0.2, -0.15) is 4.31 Å². The van der Waals surface area contributed by atoms with E-state index in [1.165, 1.54) is 4.31 Å². The van der Waals surface area contributed by atoms with Crippen molar-refractivity contribution >= 4 is 18.3 Å². The average molecular weight is 540 g/mol. The third kappa shape index (κ3) is 8.74. The molecule has 200 valence electrons. The van der Waals surface area contributed by atoms with Gasteiger partial charge in [0, 0.05) is 13.0 Å². The summed E-state index contributed by atoms with van der Waals surface area (Å²) in [5.74, 6) is 6.38. The fraction of sp³-hybridized carbons (Fsp3) is 0.433. The first kappa shape index (κ1) is 30.6. The highest BCUT2D eigenvalue weighted by molar-refractivity contribution is 7.89. The maximum Gasteiger partial charge on any atom is 0.244 e. The van der Waals surface area contributed by atoms with E-state index in [2.05, 4.69) is 58.0 Å². The zero-order chi connectivity index (χ0) is 27.7. The first-order valence-electron chi connectivity index (χ1n) is 12.6. The standard InChI is InChI=1S/C30H41NO4SSi/c1-9-11-15-22-31(36(32,33)27-20-18-25(3)19-21-27)23-29(35-37(7,8)30(4,5)6)28(10-2)34-24-26-16-13-12-14-17-26/h12-14,16-21,29H,2,9,22-24H2,1,3-8H3. The summed E-state index contributed by atoms with van der Waals surface area (Å²) in [6.07, 6.45) is -0.0499. The van der Waals surface area contributed by atoms with Gasteiger partial charge in [0.1, 0.15) is 12.7 Å². The summed E-state index contributed by atoms with van der Waals surface area (Å²) in [6, 6.07) is 16.6. The van der Waals surface area contributed by atoms with Crippen LogP contribution in [0.5, 0.6) is 0 Å². The Balaban J connectivity index is 2.48. The minimum atomic E-state index is -3.84. The zero-order valence-electron chi connectivity index (χ0n) is 23.3. The summed E-state index contributed by atoms with van der Waals surface area (Å²) < 4.78 is 41.8. The molecule has 5 nitrogen and oxygen atoms in total. The van der Waals surface area contributed by atoms with Crippen LogP contribution >= 0.6 is 0 Å². The minimum absolute atomic E-state index is 0.0355. The molecule has 37 heavy (non-hydrogen) atoms. The molecule has 0 aliphatic carbocycles. The maximum absolute atomic E-state index is 13.8. The number of ether oxygens (including phenoxy) is 1. The predicted molar refractivity (Wildman–Crippen MR) is 154 cm³/mol. The largest absolute Gasteiger partial charge is 0.482 e. The van der Waals surface area contributed by atoms with Crippen LogP contribution in [0, 0.1) is 18.8 Å². The lowest BCUT2D eigenvalue weighted by molar-refractivity contribution is 0.0899. The number of nitrogens with zero attached hydrogens (tertiary/aromatic N) is 1. The topological polar surface area (TPSA) is 55.8 Å². The van der Waals surface area contributed by atoms with Crippen LogP contribution in [0.3, 0.4) is 0 Å². The van der Waals surface area contributed by atoms with Crippen LogP contribution in [0.4, 0.5) is 0 Å². The number of hydrogen-bond donors (Lipinski definition) is 0. The SMILES string of the molecule is C=C=C(OCc1ccccc1)C(CN(CC#CCC)S(=O)(=O)c1ccc(C)cc1)O[Si](C)(C)C(C)(C)C. The van der Waals surface area contributed by atoms with Crippen molar-refractivity contribution in [2.75, 3.05) is 13.1 Å². The minimum Gasteiger partial charge on any atom is -0.482 e. The third-order valence-electron chi connectivity index (χ3n) is 6.53. The van der Waals surface area contributed by atoms with Crippen molar-refractivity contribution < 1.29 is 17.6 Å². The Bertz CT molecular complexity index is 1230. The van der Waals surface area contributed by atoms with Gasteiger partial charge in [-0.1, -0.05) is 94.0 Å². The van der Waals surface area contributed by atoms with Crippen molar-refractivity contribution in [2.45, 2.75) is 76.8 Å². The van der Waals surface area contributed by atoms with E-state index in [4.69, 9.17) is 9.16 Å². The Labute approximate surface area is 225 Å². The fourth-order valence-corrected chi connectivity index (χ4v) is 5.85. The molecule has 0 saturated carbocycles. The second-order valence-corrected chi connectivity index (χ2v) is 17.2. The Hall–Kier alpha value is -2.59. The highest BCUT2D eigenvalue weighted by Crippen LogP contribution is 2.38. The molecule has 0 heterocycles. The molecule has 0 N–H and O–H groups in total. The van der Waals surface area contributed by atoms with Gasteiger partial charge in [0.15, 0.2) is 14.1 Å². The Kier molecular flexibility index (Phi) is 11.0. The molecule has 2 rings (SSSR count). The molecule has 0 aliphatic rings. The normalized spacial score (nSPS) is 12.9. The van der Waals surface area contributed by atoms with Crippen LogP contribution in [0.15, 0.2) is 77.6 Å². The molecule has 0 fully saturated rings. The summed E-state index contributed by atoms with van der Waals surface area (Å²) in [6.45, 7) is 18.8. The van der Waals surface area contributed by atoms with Gasteiger partial charge in [-0.05, 0) is 42.8 Å². The van der Waals surface area contributed by atoms with Gasteiger partial charge in [0.2, 0.25) is 10.0 Å². The van der Waals surface area contributed by atoms with Gasteiger partial charge in [-0.25, -0.2) is 8.42 Å². The van der Waals surface area contributed by atoms with E-state index < -0.39 is 24.4 Å². The van der Waals surface area contributed by atoms with Gasteiger partial charge >= 0.3 is 0 Å². The van der Waals surface area contributed by atoms with E-state index in [-0.39, 0.29) is 23.0 Å². The summed E-state index contributed by atoms with van der Waals surface area (Å²) in [4.78, 5) is 0.219. The Morgan fingerprint density at radius 1 is 1.05 bits per heavy atom. The lowest BCUT2D eigenvalue weighted by Crippen LogP contribution is -2.48. The Morgan fingerprint density at radius 2 is 1.68 bits per heavy atom. The summed E-state index contributed by atoms with van der Waals surface area (Å²) in [7, 11) is -6.18. The molecule has 0 radical (unpaired) electrons. The lowest BCUT2D eigenvalue weighted by atomic mass is 10.2. The first-order chi connectivity index (χ1) is 17.3. The third-order valence-corrected chi connectivity index (χ3v) is 12.8. The summed E-state index contributed by atoms with van der Waals surface area (Å²) in [5.41, 5.74) is 4.87. The smallest absolute Gasteiger partial charge is 0.244 e. The fourth-order valence-electron chi connectivity index (χ4n) is 3.26. The van der Waals surface area contributed by atoms with Gasteiger partial charge in [0.25, 0.3) is 0 Å². The molecular formula is C30H41NO4SSi. The van der Waals surface area contributed by atoms with Crippen molar-refractivity contribution in [1.29, 1.82) is 0 Å². The monoisotopic (exact) mass is 539 g/mol. The van der Waals surface area contributed by atoms with Gasteiger partial charge in [0.05, 0.1) is 11.4 Å². The van der Waals surface area contributed by atoms with E-state index in [1.54, 1.807) is 24.3 Å². The number of aryl methyl sites for hydroxylation is 1. The van der Waals surface area contributed by atoms with Crippen LogP contribution in [0.1, 0.15) is 45.2 Å². The van der Waals surface area contributed by atoms with E-state index >= 15 is 0 Å². The molecule has 0 aromatic heterocycles. The van der Waals surface area contributed by atoms with Crippen molar-refractivity contribution in [3.05, 3.63) is 83.8 Å². The van der Waals surface area contributed by atoms with Gasteiger partial charge in [-0.15, -0.1) is 5.92 Å². The lowest BCUT2D eigenvalue weighted by Gasteiger charge is -2.40. The Morgan fingerprint density at radius 3 is 2.22 bits per heavy atom. The molecule has 7 heteroatoms. The summed E-state index contributed by atoms with van der Waals surface area (Å²) in [5, 5.41) is -0.0976. The van der Waals surface area contributed by atoms with Gasteiger partial charge in [-0.3, -0.25) is 0 Å². The molecule has 0 saturated heterocycles. The van der Waals surface area contributed by atoms with Crippen LogP contribution in [-0.2, 0) is 25.8 Å². The number of hydrogen-bond acceptors (Lipinski definition) is 4. The van der Waals surface area contributed by atoms with Crippen LogP contribution in [0.25, 0.3) is 0 Å². The van der Waals surface area contributed by atoms with Crippen LogP contribution in [-0.4, -0.2) is 40.2 Å². The van der Waals surface area contributed by atoms with E-state index in [0.29, 0.717) is 18.8 Å². The molecule has 2 aromatic rings. The van der Waals surface area contributed by atoms with Crippen molar-refractivity contribution in [3.63, 3.8) is 0 Å². The maximum atomic E-state index is 13.8. The zero-order valence-corrected chi connectivity index (χ0v) is 25.1. The van der Waals surface area contributed by atoms with Gasteiger partial charge < -0.3 is 9.16 Å².